The summed E-state index contributed by atoms with van der Waals surface area (Å²) >= 11 is 12.1. The third-order valence-corrected chi connectivity index (χ3v) is 3.74. The summed E-state index contributed by atoms with van der Waals surface area (Å²) in [7, 11) is 1.84. The molecule has 0 aliphatic heterocycles. The summed E-state index contributed by atoms with van der Waals surface area (Å²) in [6.07, 6.45) is 0.718. The zero-order valence-corrected chi connectivity index (χ0v) is 12.7. The molecule has 2 aromatic rings. The molecule has 0 aliphatic rings. The van der Waals surface area contributed by atoms with E-state index in [0.717, 1.165) is 30.0 Å². The molecule has 4 nitrogen and oxygen atoms in total. The van der Waals surface area contributed by atoms with Crippen molar-refractivity contribution in [3.8, 4) is 0 Å². The Bertz CT molecular complexity index is 562. The Balaban J connectivity index is 2.26. The van der Waals surface area contributed by atoms with Crippen LogP contribution in [0.3, 0.4) is 0 Å². The molecule has 0 saturated heterocycles. The highest BCUT2D eigenvalue weighted by molar-refractivity contribution is 6.30. The highest BCUT2D eigenvalue weighted by Gasteiger charge is 2.20. The second-order valence-electron chi connectivity index (χ2n) is 4.43. The lowest BCUT2D eigenvalue weighted by Crippen LogP contribution is -2.22. The molecule has 19 heavy (non-hydrogen) atoms. The zero-order valence-electron chi connectivity index (χ0n) is 11.2. The molecule has 1 unspecified atom stereocenters. The van der Waals surface area contributed by atoms with E-state index in [9.17, 15) is 0 Å². The molecule has 1 N–H and O–H groups in total. The minimum absolute atomic E-state index is 0.0397. The van der Waals surface area contributed by atoms with Gasteiger partial charge in [0, 0.05) is 12.6 Å². The standard InChI is InChI=1S/C13H17Cl2N3O/c1-4-16-10(11-5-6-12(14)19-11)7-9-8(2)17-18(3)13(9)15/h5-6,10,16H,4,7H2,1-3H3. The van der Waals surface area contributed by atoms with Gasteiger partial charge in [-0.05, 0) is 43.6 Å². The molecule has 1 atom stereocenters. The molecule has 0 spiro atoms. The number of nitrogens with one attached hydrogen (secondary N) is 1. The molecule has 2 rings (SSSR count). The highest BCUT2D eigenvalue weighted by Crippen LogP contribution is 2.27. The predicted molar refractivity (Wildman–Crippen MR) is 76.8 cm³/mol. The average molecular weight is 302 g/mol. The summed E-state index contributed by atoms with van der Waals surface area (Å²) in [6, 6.07) is 3.67. The first-order valence-electron chi connectivity index (χ1n) is 6.19. The van der Waals surface area contributed by atoms with Crippen molar-refractivity contribution in [3.05, 3.63) is 39.5 Å². The van der Waals surface area contributed by atoms with Gasteiger partial charge >= 0.3 is 0 Å². The molecule has 0 aliphatic carbocycles. The first-order chi connectivity index (χ1) is 9.02. The fraction of sp³-hybridized carbons (Fsp3) is 0.462. The number of aryl methyl sites for hydroxylation is 2. The van der Waals surface area contributed by atoms with Gasteiger partial charge in [0.05, 0.1) is 11.7 Å². The molecule has 0 saturated carbocycles. The van der Waals surface area contributed by atoms with Crippen molar-refractivity contribution >= 4 is 23.2 Å². The van der Waals surface area contributed by atoms with Crippen LogP contribution in [0.25, 0.3) is 0 Å². The van der Waals surface area contributed by atoms with Crippen LogP contribution in [0.5, 0.6) is 0 Å². The van der Waals surface area contributed by atoms with Crippen LogP contribution in [0.1, 0.15) is 30.0 Å². The van der Waals surface area contributed by atoms with Gasteiger partial charge in [-0.1, -0.05) is 18.5 Å². The highest BCUT2D eigenvalue weighted by atomic mass is 35.5. The van der Waals surface area contributed by atoms with E-state index in [-0.39, 0.29) is 6.04 Å². The summed E-state index contributed by atoms with van der Waals surface area (Å²) in [4.78, 5) is 0. The molecule has 6 heteroatoms. The molecule has 0 bridgehead atoms. The molecular formula is C13H17Cl2N3O. The second kappa shape index (κ2) is 5.99. The Labute approximate surface area is 122 Å². The van der Waals surface area contributed by atoms with Crippen molar-refractivity contribution in [1.29, 1.82) is 0 Å². The van der Waals surface area contributed by atoms with Crippen LogP contribution in [0.2, 0.25) is 10.4 Å². The fourth-order valence-electron chi connectivity index (χ4n) is 2.15. The van der Waals surface area contributed by atoms with E-state index in [1.54, 1.807) is 10.7 Å². The molecule has 0 radical (unpaired) electrons. The third-order valence-electron chi connectivity index (χ3n) is 3.07. The number of nitrogens with zero attached hydrogens (tertiary/aromatic N) is 2. The van der Waals surface area contributed by atoms with Gasteiger partial charge in [-0.25, -0.2) is 0 Å². The molecule has 0 aromatic carbocycles. The number of rotatable bonds is 5. The largest absolute Gasteiger partial charge is 0.448 e. The van der Waals surface area contributed by atoms with Crippen molar-refractivity contribution < 1.29 is 4.42 Å². The van der Waals surface area contributed by atoms with Crippen LogP contribution >= 0.6 is 23.2 Å². The summed E-state index contributed by atoms with van der Waals surface area (Å²) in [5.41, 5.74) is 1.97. The minimum atomic E-state index is 0.0397. The Morgan fingerprint density at radius 2 is 2.16 bits per heavy atom. The predicted octanol–water partition coefficient (Wildman–Crippen LogP) is 3.52. The van der Waals surface area contributed by atoms with Crippen molar-refractivity contribution in [2.24, 2.45) is 7.05 Å². The number of likely N-dealkylation sites (N-methyl/N-ethyl adjacent to an activating group) is 1. The van der Waals surface area contributed by atoms with E-state index in [2.05, 4.69) is 17.3 Å². The van der Waals surface area contributed by atoms with E-state index < -0.39 is 0 Å². The quantitative estimate of drug-likeness (QED) is 0.919. The van der Waals surface area contributed by atoms with Crippen molar-refractivity contribution in [3.63, 3.8) is 0 Å². The molecule has 104 valence electrons. The lowest BCUT2D eigenvalue weighted by atomic mass is 10.0. The van der Waals surface area contributed by atoms with Gasteiger partial charge in [-0.3, -0.25) is 4.68 Å². The average Bonchev–Trinajstić information content (AvgIpc) is 2.88. The monoisotopic (exact) mass is 301 g/mol. The van der Waals surface area contributed by atoms with Crippen LogP contribution in [0, 0.1) is 6.92 Å². The van der Waals surface area contributed by atoms with Crippen LogP contribution in [-0.4, -0.2) is 16.3 Å². The summed E-state index contributed by atoms with van der Waals surface area (Å²) in [6.45, 7) is 4.84. The number of hydrogen-bond acceptors (Lipinski definition) is 3. The van der Waals surface area contributed by atoms with Crippen LogP contribution < -0.4 is 5.32 Å². The normalized spacial score (nSPS) is 12.9. The topological polar surface area (TPSA) is 43.0 Å². The van der Waals surface area contributed by atoms with Gasteiger partial charge in [0.2, 0.25) is 0 Å². The van der Waals surface area contributed by atoms with Crippen LogP contribution in [0.15, 0.2) is 16.5 Å². The molecule has 0 amide bonds. The van der Waals surface area contributed by atoms with Gasteiger partial charge in [-0.2, -0.15) is 5.10 Å². The van der Waals surface area contributed by atoms with Gasteiger partial charge < -0.3 is 9.73 Å². The maximum atomic E-state index is 6.27. The third kappa shape index (κ3) is 3.14. The summed E-state index contributed by atoms with van der Waals surface area (Å²) in [5, 5.41) is 8.76. The first-order valence-corrected chi connectivity index (χ1v) is 6.95. The Morgan fingerprint density at radius 3 is 2.63 bits per heavy atom. The van der Waals surface area contributed by atoms with E-state index in [0.29, 0.717) is 10.4 Å². The van der Waals surface area contributed by atoms with Gasteiger partial charge in [0.1, 0.15) is 10.9 Å². The maximum Gasteiger partial charge on any atom is 0.193 e. The number of furan rings is 1. The first kappa shape index (κ1) is 14.4. The summed E-state index contributed by atoms with van der Waals surface area (Å²) in [5.74, 6) is 0.811. The van der Waals surface area contributed by atoms with Crippen molar-refractivity contribution in [2.45, 2.75) is 26.3 Å². The van der Waals surface area contributed by atoms with Gasteiger partial charge in [0.15, 0.2) is 5.22 Å². The number of hydrogen-bond donors (Lipinski definition) is 1. The zero-order chi connectivity index (χ0) is 14.0. The van der Waals surface area contributed by atoms with E-state index in [1.807, 2.05) is 20.0 Å². The van der Waals surface area contributed by atoms with E-state index in [1.165, 1.54) is 0 Å². The Morgan fingerprint density at radius 1 is 1.42 bits per heavy atom. The second-order valence-corrected chi connectivity index (χ2v) is 5.17. The molecule has 2 aromatic heterocycles. The minimum Gasteiger partial charge on any atom is -0.448 e. The van der Waals surface area contributed by atoms with Gasteiger partial charge in [0.25, 0.3) is 0 Å². The number of halogens is 2. The Hall–Kier alpha value is -0.970. The fourth-order valence-corrected chi connectivity index (χ4v) is 2.55. The number of aromatic nitrogens is 2. The lowest BCUT2D eigenvalue weighted by Gasteiger charge is -2.15. The van der Waals surface area contributed by atoms with Crippen LogP contribution in [0.4, 0.5) is 0 Å². The van der Waals surface area contributed by atoms with E-state index >= 15 is 0 Å². The summed E-state index contributed by atoms with van der Waals surface area (Å²) < 4.78 is 7.17. The van der Waals surface area contributed by atoms with Crippen molar-refractivity contribution in [1.82, 2.24) is 15.1 Å². The van der Waals surface area contributed by atoms with E-state index in [4.69, 9.17) is 27.6 Å². The smallest absolute Gasteiger partial charge is 0.193 e. The maximum absolute atomic E-state index is 6.27. The SMILES string of the molecule is CCNC(Cc1c(C)nn(C)c1Cl)c1ccc(Cl)o1. The molecular weight excluding hydrogens is 285 g/mol. The van der Waals surface area contributed by atoms with Crippen molar-refractivity contribution in [2.75, 3.05) is 6.54 Å². The Kier molecular flexibility index (Phi) is 4.55. The molecule has 2 heterocycles. The van der Waals surface area contributed by atoms with Crippen LogP contribution in [-0.2, 0) is 13.5 Å². The van der Waals surface area contributed by atoms with Gasteiger partial charge in [-0.15, -0.1) is 0 Å². The lowest BCUT2D eigenvalue weighted by molar-refractivity contribution is 0.417. The molecule has 0 fully saturated rings.